The maximum absolute atomic E-state index is 10.9. The molecule has 0 aliphatic heterocycles. The van der Waals surface area contributed by atoms with Gasteiger partial charge in [-0.05, 0) is 13.8 Å². The predicted octanol–water partition coefficient (Wildman–Crippen LogP) is 0.542. The number of carbonyl (C=O) groups excluding carboxylic acids is 1. The van der Waals surface area contributed by atoms with Crippen LogP contribution in [0, 0.1) is 0 Å². The monoisotopic (exact) mass is 171 g/mol. The second-order valence-electron chi connectivity index (χ2n) is 2.81. The fourth-order valence-electron chi connectivity index (χ4n) is 0.642. The minimum absolute atomic E-state index is 0.0269. The summed E-state index contributed by atoms with van der Waals surface area (Å²) in [7, 11) is 0. The molecule has 0 unspecified atom stereocenters. The van der Waals surface area contributed by atoms with Crippen molar-refractivity contribution in [3.8, 4) is 0 Å². The standard InChI is InChI=1S/C8H13NO3/c1-5(2)9-7(10)4-6(3)8(11)12/h5H,3-4H2,1-2H3,(H,9,10)(H,11,12). The Morgan fingerprint density at radius 2 is 2.00 bits per heavy atom. The summed E-state index contributed by atoms with van der Waals surface area (Å²) < 4.78 is 0. The quantitative estimate of drug-likeness (QED) is 0.607. The number of aliphatic carboxylic acids is 1. The van der Waals surface area contributed by atoms with Crippen molar-refractivity contribution in [1.82, 2.24) is 5.32 Å². The molecule has 0 heterocycles. The molecular formula is C8H13NO3. The molecule has 4 nitrogen and oxygen atoms in total. The summed E-state index contributed by atoms with van der Waals surface area (Å²) in [4.78, 5) is 21.2. The van der Waals surface area contributed by atoms with Gasteiger partial charge in [-0.1, -0.05) is 6.58 Å². The van der Waals surface area contributed by atoms with Crippen molar-refractivity contribution in [3.63, 3.8) is 0 Å². The molecule has 0 aliphatic carbocycles. The lowest BCUT2D eigenvalue weighted by Crippen LogP contribution is -2.30. The highest BCUT2D eigenvalue weighted by atomic mass is 16.4. The average molecular weight is 171 g/mol. The van der Waals surface area contributed by atoms with E-state index in [2.05, 4.69) is 11.9 Å². The molecule has 0 bridgehead atoms. The van der Waals surface area contributed by atoms with Crippen LogP contribution >= 0.6 is 0 Å². The molecule has 0 saturated heterocycles. The SMILES string of the molecule is C=C(CC(=O)NC(C)C)C(=O)O. The van der Waals surface area contributed by atoms with Crippen LogP contribution < -0.4 is 5.32 Å². The van der Waals surface area contributed by atoms with Crippen LogP contribution in [0.1, 0.15) is 20.3 Å². The highest BCUT2D eigenvalue weighted by molar-refractivity contribution is 5.93. The van der Waals surface area contributed by atoms with Gasteiger partial charge in [-0.3, -0.25) is 4.79 Å². The molecule has 2 N–H and O–H groups in total. The Kier molecular flexibility index (Phi) is 4.04. The number of carboxylic acid groups (broad SMARTS) is 1. The van der Waals surface area contributed by atoms with Crippen molar-refractivity contribution in [1.29, 1.82) is 0 Å². The summed E-state index contributed by atoms with van der Waals surface area (Å²) in [5, 5.41) is 11.0. The number of hydrogen-bond acceptors (Lipinski definition) is 2. The van der Waals surface area contributed by atoms with Crippen molar-refractivity contribution in [2.24, 2.45) is 0 Å². The van der Waals surface area contributed by atoms with Crippen molar-refractivity contribution in [2.45, 2.75) is 26.3 Å². The largest absolute Gasteiger partial charge is 0.478 e. The highest BCUT2D eigenvalue weighted by Crippen LogP contribution is 1.97. The van der Waals surface area contributed by atoms with Gasteiger partial charge in [0.05, 0.1) is 6.42 Å². The summed E-state index contributed by atoms with van der Waals surface area (Å²) in [5.41, 5.74) is -0.0897. The van der Waals surface area contributed by atoms with Crippen molar-refractivity contribution >= 4 is 11.9 Å². The molecule has 0 aromatic rings. The third-order valence-corrected chi connectivity index (χ3v) is 1.13. The van der Waals surface area contributed by atoms with Crippen molar-refractivity contribution < 1.29 is 14.7 Å². The van der Waals surface area contributed by atoms with E-state index in [4.69, 9.17) is 5.11 Å². The predicted molar refractivity (Wildman–Crippen MR) is 44.7 cm³/mol. The number of carboxylic acids is 1. The molecule has 0 saturated carbocycles. The van der Waals surface area contributed by atoms with Crippen LogP contribution in [0.4, 0.5) is 0 Å². The fourth-order valence-corrected chi connectivity index (χ4v) is 0.642. The smallest absolute Gasteiger partial charge is 0.331 e. The Hall–Kier alpha value is -1.32. The van der Waals surface area contributed by atoms with E-state index in [1.807, 2.05) is 0 Å². The first-order valence-corrected chi connectivity index (χ1v) is 3.64. The first kappa shape index (κ1) is 10.7. The molecule has 4 heteroatoms. The molecule has 1 amide bonds. The van der Waals surface area contributed by atoms with E-state index < -0.39 is 5.97 Å². The van der Waals surface area contributed by atoms with Crippen LogP contribution in [0.3, 0.4) is 0 Å². The molecule has 0 atom stereocenters. The van der Waals surface area contributed by atoms with E-state index in [0.29, 0.717) is 0 Å². The van der Waals surface area contributed by atoms with E-state index in [-0.39, 0.29) is 23.9 Å². The average Bonchev–Trinajstić information content (AvgIpc) is 1.84. The molecule has 0 radical (unpaired) electrons. The zero-order chi connectivity index (χ0) is 9.72. The number of rotatable bonds is 4. The second kappa shape index (κ2) is 4.54. The molecule has 12 heavy (non-hydrogen) atoms. The third-order valence-electron chi connectivity index (χ3n) is 1.13. The Morgan fingerprint density at radius 1 is 1.50 bits per heavy atom. The van der Waals surface area contributed by atoms with Gasteiger partial charge in [0.1, 0.15) is 0 Å². The van der Waals surface area contributed by atoms with Gasteiger partial charge in [-0.2, -0.15) is 0 Å². The maximum Gasteiger partial charge on any atom is 0.331 e. The van der Waals surface area contributed by atoms with Gasteiger partial charge < -0.3 is 10.4 Å². The van der Waals surface area contributed by atoms with Crippen LogP contribution in [0.5, 0.6) is 0 Å². The number of hydrogen-bond donors (Lipinski definition) is 2. The van der Waals surface area contributed by atoms with Gasteiger partial charge in [0.15, 0.2) is 0 Å². The Labute approximate surface area is 71.3 Å². The lowest BCUT2D eigenvalue weighted by molar-refractivity contribution is -0.134. The summed E-state index contributed by atoms with van der Waals surface area (Å²) in [6, 6.07) is 0.0269. The van der Waals surface area contributed by atoms with E-state index >= 15 is 0 Å². The van der Waals surface area contributed by atoms with Crippen LogP contribution in [-0.4, -0.2) is 23.0 Å². The molecule has 68 valence electrons. The van der Waals surface area contributed by atoms with E-state index in [9.17, 15) is 9.59 Å². The van der Waals surface area contributed by atoms with Crippen molar-refractivity contribution in [2.75, 3.05) is 0 Å². The molecule has 0 aromatic heterocycles. The lowest BCUT2D eigenvalue weighted by Gasteiger charge is -2.07. The summed E-state index contributed by atoms with van der Waals surface area (Å²) >= 11 is 0. The Morgan fingerprint density at radius 3 is 2.33 bits per heavy atom. The molecule has 0 aromatic carbocycles. The molecule has 0 aliphatic rings. The van der Waals surface area contributed by atoms with E-state index in [1.165, 1.54) is 0 Å². The molecule has 0 fully saturated rings. The summed E-state index contributed by atoms with van der Waals surface area (Å²) in [6.45, 7) is 6.86. The molecular weight excluding hydrogens is 158 g/mol. The Balaban J connectivity index is 3.85. The first-order chi connectivity index (χ1) is 5.43. The van der Waals surface area contributed by atoms with Crippen molar-refractivity contribution in [3.05, 3.63) is 12.2 Å². The highest BCUT2D eigenvalue weighted by Gasteiger charge is 2.10. The summed E-state index contributed by atoms with van der Waals surface area (Å²) in [6.07, 6.45) is -0.145. The van der Waals surface area contributed by atoms with Gasteiger partial charge in [-0.25, -0.2) is 4.79 Å². The third kappa shape index (κ3) is 4.49. The van der Waals surface area contributed by atoms with Gasteiger partial charge in [0, 0.05) is 11.6 Å². The van der Waals surface area contributed by atoms with Crippen LogP contribution in [0.15, 0.2) is 12.2 Å². The zero-order valence-electron chi connectivity index (χ0n) is 7.26. The van der Waals surface area contributed by atoms with Crippen LogP contribution in [0.2, 0.25) is 0 Å². The number of amides is 1. The van der Waals surface area contributed by atoms with Gasteiger partial charge in [-0.15, -0.1) is 0 Å². The first-order valence-electron chi connectivity index (χ1n) is 3.64. The topological polar surface area (TPSA) is 66.4 Å². The van der Waals surface area contributed by atoms with E-state index in [1.54, 1.807) is 13.8 Å². The molecule has 0 rings (SSSR count). The number of nitrogens with one attached hydrogen (secondary N) is 1. The number of carbonyl (C=O) groups is 2. The van der Waals surface area contributed by atoms with Gasteiger partial charge in [0.2, 0.25) is 5.91 Å². The van der Waals surface area contributed by atoms with E-state index in [0.717, 1.165) is 0 Å². The minimum atomic E-state index is -1.13. The zero-order valence-corrected chi connectivity index (χ0v) is 7.26. The lowest BCUT2D eigenvalue weighted by atomic mass is 10.2. The molecule has 0 spiro atoms. The van der Waals surface area contributed by atoms with Crippen LogP contribution in [-0.2, 0) is 9.59 Å². The van der Waals surface area contributed by atoms with Gasteiger partial charge >= 0.3 is 5.97 Å². The fraction of sp³-hybridized carbons (Fsp3) is 0.500. The second-order valence-corrected chi connectivity index (χ2v) is 2.81. The Bertz CT molecular complexity index is 208. The maximum atomic E-state index is 10.9. The van der Waals surface area contributed by atoms with Gasteiger partial charge in [0.25, 0.3) is 0 Å². The normalized spacial score (nSPS) is 9.58. The summed E-state index contributed by atoms with van der Waals surface area (Å²) in [5.74, 6) is -1.44. The minimum Gasteiger partial charge on any atom is -0.478 e. The van der Waals surface area contributed by atoms with Crippen LogP contribution in [0.25, 0.3) is 0 Å².